The highest BCUT2D eigenvalue weighted by atomic mass is 19.1. The number of rotatable bonds is 6. The van der Waals surface area contributed by atoms with Crippen LogP contribution in [0.25, 0.3) is 0 Å². The van der Waals surface area contributed by atoms with Crippen LogP contribution in [-0.4, -0.2) is 65.5 Å². The Labute approximate surface area is 157 Å². The van der Waals surface area contributed by atoms with Gasteiger partial charge >= 0.3 is 6.09 Å². The van der Waals surface area contributed by atoms with Gasteiger partial charge in [0.1, 0.15) is 5.82 Å². The van der Waals surface area contributed by atoms with Gasteiger partial charge in [0.05, 0.1) is 12.8 Å². The number of hydrogen-bond acceptors (Lipinski definition) is 7. The zero-order valence-corrected chi connectivity index (χ0v) is 15.3. The molecule has 0 radical (unpaired) electrons. The third-order valence-electron chi connectivity index (χ3n) is 4.31. The minimum absolute atomic E-state index is 0.216. The number of ether oxygens (including phenoxy) is 1. The van der Waals surface area contributed by atoms with E-state index in [-0.39, 0.29) is 11.9 Å². The van der Waals surface area contributed by atoms with Gasteiger partial charge in [-0.25, -0.2) is 9.18 Å². The maximum Gasteiger partial charge on any atom is 0.409 e. The van der Waals surface area contributed by atoms with E-state index in [1.54, 1.807) is 30.2 Å². The van der Waals surface area contributed by atoms with Crippen LogP contribution in [0.15, 0.2) is 30.5 Å². The Morgan fingerprint density at radius 1 is 1.26 bits per heavy atom. The number of aromatic nitrogens is 3. The summed E-state index contributed by atoms with van der Waals surface area (Å²) >= 11 is 0. The molecule has 8 nitrogen and oxygen atoms in total. The summed E-state index contributed by atoms with van der Waals surface area (Å²) in [6.07, 6.45) is 1.84. The van der Waals surface area contributed by atoms with E-state index in [0.29, 0.717) is 63.1 Å². The molecule has 1 saturated heterocycles. The molecule has 2 aromatic rings. The molecular formula is C18H23FN6O2. The lowest BCUT2D eigenvalue weighted by molar-refractivity contribution is 0.105. The number of piperazine rings is 1. The highest BCUT2D eigenvalue weighted by molar-refractivity contribution is 5.68. The highest BCUT2D eigenvalue weighted by Crippen LogP contribution is 2.14. The van der Waals surface area contributed by atoms with Crippen LogP contribution in [0.4, 0.5) is 21.0 Å². The summed E-state index contributed by atoms with van der Waals surface area (Å²) in [4.78, 5) is 20.0. The maximum atomic E-state index is 13.6. The second-order valence-corrected chi connectivity index (χ2v) is 6.08. The molecule has 0 saturated carbocycles. The lowest BCUT2D eigenvalue weighted by Crippen LogP contribution is -2.49. The first kappa shape index (κ1) is 18.8. The first-order valence-corrected chi connectivity index (χ1v) is 9.01. The number of anilines is 2. The van der Waals surface area contributed by atoms with Crippen LogP contribution in [-0.2, 0) is 11.2 Å². The van der Waals surface area contributed by atoms with Crippen molar-refractivity contribution >= 4 is 17.9 Å². The van der Waals surface area contributed by atoms with Crippen molar-refractivity contribution in [2.45, 2.75) is 13.3 Å². The van der Waals surface area contributed by atoms with Gasteiger partial charge < -0.3 is 19.9 Å². The van der Waals surface area contributed by atoms with E-state index < -0.39 is 0 Å². The van der Waals surface area contributed by atoms with Crippen LogP contribution >= 0.6 is 0 Å². The fraction of sp³-hybridized carbons (Fsp3) is 0.444. The summed E-state index contributed by atoms with van der Waals surface area (Å²) in [5.74, 6) is 0.880. The molecule has 1 aromatic carbocycles. The average molecular weight is 374 g/mol. The van der Waals surface area contributed by atoms with E-state index in [1.165, 1.54) is 6.07 Å². The van der Waals surface area contributed by atoms with Gasteiger partial charge in [0.25, 0.3) is 0 Å². The number of halogens is 1. The van der Waals surface area contributed by atoms with E-state index in [2.05, 4.69) is 20.5 Å². The van der Waals surface area contributed by atoms with Crippen LogP contribution in [0.3, 0.4) is 0 Å². The van der Waals surface area contributed by atoms with Gasteiger partial charge in [-0.1, -0.05) is 18.2 Å². The summed E-state index contributed by atoms with van der Waals surface area (Å²) in [6.45, 7) is 5.09. The number of hydrogen-bond donors (Lipinski definition) is 1. The molecule has 1 fully saturated rings. The molecule has 1 aliphatic rings. The monoisotopic (exact) mass is 374 g/mol. The molecule has 0 unspecified atom stereocenters. The van der Waals surface area contributed by atoms with Crippen molar-refractivity contribution in [3.05, 3.63) is 41.8 Å². The van der Waals surface area contributed by atoms with E-state index in [9.17, 15) is 9.18 Å². The predicted octanol–water partition coefficient (Wildman–Crippen LogP) is 1.94. The number of nitrogens with one attached hydrogen (secondary N) is 1. The molecule has 1 aliphatic heterocycles. The van der Waals surface area contributed by atoms with Gasteiger partial charge in [-0.15, -0.1) is 5.10 Å². The van der Waals surface area contributed by atoms with E-state index in [4.69, 9.17) is 4.74 Å². The summed E-state index contributed by atoms with van der Waals surface area (Å²) in [7, 11) is 0. The van der Waals surface area contributed by atoms with Crippen molar-refractivity contribution in [2.75, 3.05) is 49.5 Å². The van der Waals surface area contributed by atoms with Crippen LogP contribution in [0.1, 0.15) is 12.5 Å². The second-order valence-electron chi connectivity index (χ2n) is 6.08. The van der Waals surface area contributed by atoms with Gasteiger partial charge in [0, 0.05) is 32.7 Å². The van der Waals surface area contributed by atoms with Gasteiger partial charge in [-0.2, -0.15) is 10.1 Å². The van der Waals surface area contributed by atoms with Gasteiger partial charge in [0.2, 0.25) is 5.95 Å². The first-order chi connectivity index (χ1) is 13.2. The minimum atomic E-state index is -0.284. The molecule has 0 spiro atoms. The molecule has 2 heterocycles. The molecule has 1 N–H and O–H groups in total. The van der Waals surface area contributed by atoms with Crippen LogP contribution in [0.5, 0.6) is 0 Å². The van der Waals surface area contributed by atoms with Crippen LogP contribution < -0.4 is 10.2 Å². The number of amides is 1. The quantitative estimate of drug-likeness (QED) is 0.827. The van der Waals surface area contributed by atoms with Gasteiger partial charge in [0.15, 0.2) is 5.82 Å². The molecule has 27 heavy (non-hydrogen) atoms. The predicted molar refractivity (Wildman–Crippen MR) is 99.2 cm³/mol. The molecule has 0 atom stereocenters. The SMILES string of the molecule is CCOC(=O)N1CCN(c2cnnc(NCCc3ccccc3F)n2)CC1. The average Bonchev–Trinajstić information content (AvgIpc) is 2.70. The second kappa shape index (κ2) is 9.11. The zero-order valence-electron chi connectivity index (χ0n) is 15.3. The fourth-order valence-corrected chi connectivity index (χ4v) is 2.87. The third-order valence-corrected chi connectivity index (χ3v) is 4.31. The summed E-state index contributed by atoms with van der Waals surface area (Å²) < 4.78 is 18.7. The lowest BCUT2D eigenvalue weighted by atomic mass is 10.1. The number of carbonyl (C=O) groups excluding carboxylic acids is 1. The van der Waals surface area contributed by atoms with Gasteiger partial charge in [-0.3, -0.25) is 0 Å². The Kier molecular flexibility index (Phi) is 6.35. The number of nitrogens with zero attached hydrogens (tertiary/aromatic N) is 5. The van der Waals surface area contributed by atoms with Crippen molar-refractivity contribution < 1.29 is 13.9 Å². The van der Waals surface area contributed by atoms with E-state index in [0.717, 1.165) is 0 Å². The summed E-state index contributed by atoms with van der Waals surface area (Å²) in [6, 6.07) is 6.69. The standard InChI is InChI=1S/C18H23FN6O2/c1-2-27-18(26)25-11-9-24(10-12-25)16-13-21-23-17(22-16)20-8-7-14-5-3-4-6-15(14)19/h3-6,13H,2,7-12H2,1H3,(H,20,22,23). The molecule has 3 rings (SSSR count). The van der Waals surface area contributed by atoms with Crippen molar-refractivity contribution in [3.63, 3.8) is 0 Å². The molecule has 0 aliphatic carbocycles. The Morgan fingerprint density at radius 2 is 2.04 bits per heavy atom. The molecule has 9 heteroatoms. The molecule has 1 aromatic heterocycles. The lowest BCUT2D eigenvalue weighted by Gasteiger charge is -2.34. The largest absolute Gasteiger partial charge is 0.450 e. The summed E-state index contributed by atoms with van der Waals surface area (Å²) in [5.41, 5.74) is 0.643. The van der Waals surface area contributed by atoms with Crippen LogP contribution in [0.2, 0.25) is 0 Å². The highest BCUT2D eigenvalue weighted by Gasteiger charge is 2.23. The maximum absolute atomic E-state index is 13.6. The van der Waals surface area contributed by atoms with Gasteiger partial charge in [-0.05, 0) is 25.0 Å². The third kappa shape index (κ3) is 5.02. The smallest absolute Gasteiger partial charge is 0.409 e. The van der Waals surface area contributed by atoms with E-state index in [1.807, 2.05) is 11.0 Å². The normalized spacial score (nSPS) is 14.1. The van der Waals surface area contributed by atoms with Crippen molar-refractivity contribution in [1.82, 2.24) is 20.1 Å². The number of carbonyl (C=O) groups is 1. The first-order valence-electron chi connectivity index (χ1n) is 9.01. The molecule has 0 bridgehead atoms. The van der Waals surface area contributed by atoms with Crippen LogP contribution in [0, 0.1) is 5.82 Å². The Balaban J connectivity index is 1.52. The molecule has 1 amide bonds. The van der Waals surface area contributed by atoms with Crippen molar-refractivity contribution in [3.8, 4) is 0 Å². The summed E-state index contributed by atoms with van der Waals surface area (Å²) in [5, 5.41) is 11.0. The Bertz CT molecular complexity index is 767. The Hall–Kier alpha value is -2.97. The molecule has 144 valence electrons. The topological polar surface area (TPSA) is 83.5 Å². The fourth-order valence-electron chi connectivity index (χ4n) is 2.87. The Morgan fingerprint density at radius 3 is 2.78 bits per heavy atom. The molecular weight excluding hydrogens is 351 g/mol. The van der Waals surface area contributed by atoms with Crippen molar-refractivity contribution in [1.29, 1.82) is 0 Å². The zero-order chi connectivity index (χ0) is 19.1. The van der Waals surface area contributed by atoms with Crippen molar-refractivity contribution in [2.24, 2.45) is 0 Å². The number of benzene rings is 1. The van der Waals surface area contributed by atoms with E-state index >= 15 is 0 Å². The minimum Gasteiger partial charge on any atom is -0.450 e.